The van der Waals surface area contributed by atoms with E-state index in [1.807, 2.05) is 60.7 Å². The van der Waals surface area contributed by atoms with Crippen LogP contribution in [0.2, 0.25) is 0 Å². The average Bonchev–Trinajstić information content (AvgIpc) is 2.86. The van der Waals surface area contributed by atoms with Crippen molar-refractivity contribution in [2.24, 2.45) is 0 Å². The van der Waals surface area contributed by atoms with Crippen molar-refractivity contribution in [2.75, 3.05) is 13.7 Å². The summed E-state index contributed by atoms with van der Waals surface area (Å²) in [5, 5.41) is 4.41. The summed E-state index contributed by atoms with van der Waals surface area (Å²) < 4.78 is 10.7. The second kappa shape index (κ2) is 10.6. The second-order valence-electron chi connectivity index (χ2n) is 7.72. The van der Waals surface area contributed by atoms with Crippen LogP contribution >= 0.6 is 0 Å². The number of aromatic amines is 1. The molecule has 4 rings (SSSR count). The molecule has 0 spiro atoms. The fraction of sp³-hybridized carbons (Fsp3) is 0.185. The predicted molar refractivity (Wildman–Crippen MR) is 129 cm³/mol. The molecule has 0 bridgehead atoms. The lowest BCUT2D eigenvalue weighted by Crippen LogP contribution is -2.17. The number of pyridine rings is 1. The molecular formula is C27H26N2O4. The highest BCUT2D eigenvalue weighted by molar-refractivity contribution is 5.89. The summed E-state index contributed by atoms with van der Waals surface area (Å²) in [4.78, 5) is 26.4. The van der Waals surface area contributed by atoms with E-state index in [9.17, 15) is 9.59 Å². The van der Waals surface area contributed by atoms with Crippen LogP contribution in [0.4, 0.5) is 0 Å². The molecule has 0 aliphatic carbocycles. The van der Waals surface area contributed by atoms with Crippen LogP contribution in [0.25, 0.3) is 10.9 Å². The monoisotopic (exact) mass is 442 g/mol. The number of hydrogen-bond acceptors (Lipinski definition) is 5. The van der Waals surface area contributed by atoms with Gasteiger partial charge in [-0.05, 0) is 53.9 Å². The van der Waals surface area contributed by atoms with Gasteiger partial charge >= 0.3 is 5.97 Å². The Morgan fingerprint density at radius 2 is 1.70 bits per heavy atom. The molecule has 0 amide bonds. The molecule has 0 fully saturated rings. The van der Waals surface area contributed by atoms with E-state index >= 15 is 0 Å². The molecule has 0 radical (unpaired) electrons. The number of carbonyl (C=O) groups is 1. The van der Waals surface area contributed by atoms with Crippen molar-refractivity contribution < 1.29 is 14.3 Å². The van der Waals surface area contributed by atoms with Crippen LogP contribution < -0.4 is 15.6 Å². The maximum Gasteiger partial charge on any atom is 0.337 e. The molecule has 2 N–H and O–H groups in total. The zero-order valence-electron chi connectivity index (χ0n) is 18.5. The van der Waals surface area contributed by atoms with Crippen LogP contribution in [-0.2, 0) is 24.3 Å². The molecule has 6 nitrogen and oxygen atoms in total. The number of nitrogens with one attached hydrogen (secondary N) is 2. The molecule has 33 heavy (non-hydrogen) atoms. The lowest BCUT2D eigenvalue weighted by atomic mass is 10.0. The minimum absolute atomic E-state index is 0.155. The Balaban J connectivity index is 1.40. The first-order valence-corrected chi connectivity index (χ1v) is 10.8. The first-order chi connectivity index (χ1) is 16.1. The number of aromatic nitrogens is 1. The lowest BCUT2D eigenvalue weighted by Gasteiger charge is -2.13. The molecule has 4 aromatic rings. The fourth-order valence-electron chi connectivity index (χ4n) is 3.69. The second-order valence-corrected chi connectivity index (χ2v) is 7.72. The Kier molecular flexibility index (Phi) is 7.17. The third-order valence-corrected chi connectivity index (χ3v) is 5.46. The summed E-state index contributed by atoms with van der Waals surface area (Å²) in [6.07, 6.45) is 0.793. The van der Waals surface area contributed by atoms with E-state index < -0.39 is 0 Å². The highest BCUT2D eigenvalue weighted by Crippen LogP contribution is 2.27. The van der Waals surface area contributed by atoms with Crippen molar-refractivity contribution in [1.82, 2.24) is 10.3 Å². The standard InChI is InChI=1S/C27H26N2O4/c1-32-27(31)22-9-7-19(8-10-22)17-28-16-15-21-11-13-24(26-23(21)12-14-25(30)29-26)33-18-20-5-3-2-4-6-20/h2-14,28H,15-18H2,1H3,(H,29,30). The van der Waals surface area contributed by atoms with Gasteiger partial charge in [0.2, 0.25) is 5.56 Å². The number of hydrogen-bond donors (Lipinski definition) is 2. The van der Waals surface area contributed by atoms with Crippen molar-refractivity contribution >= 4 is 16.9 Å². The maximum atomic E-state index is 12.0. The van der Waals surface area contributed by atoms with E-state index in [0.29, 0.717) is 30.0 Å². The minimum Gasteiger partial charge on any atom is -0.487 e. The molecule has 3 aromatic carbocycles. The van der Waals surface area contributed by atoms with Crippen molar-refractivity contribution in [3.63, 3.8) is 0 Å². The molecule has 0 unspecified atom stereocenters. The number of fused-ring (bicyclic) bond motifs is 1. The van der Waals surface area contributed by atoms with Gasteiger partial charge in [0.05, 0.1) is 18.2 Å². The summed E-state index contributed by atoms with van der Waals surface area (Å²) >= 11 is 0. The zero-order chi connectivity index (χ0) is 23.0. The third kappa shape index (κ3) is 5.67. The fourth-order valence-corrected chi connectivity index (χ4v) is 3.69. The van der Waals surface area contributed by atoms with Gasteiger partial charge in [0, 0.05) is 18.0 Å². The highest BCUT2D eigenvalue weighted by Gasteiger charge is 2.09. The Bertz CT molecular complexity index is 1280. The Morgan fingerprint density at radius 1 is 0.909 bits per heavy atom. The van der Waals surface area contributed by atoms with Crippen LogP contribution in [0.5, 0.6) is 5.75 Å². The van der Waals surface area contributed by atoms with Gasteiger partial charge < -0.3 is 19.8 Å². The molecule has 0 saturated carbocycles. The molecule has 0 saturated heterocycles. The molecule has 0 aliphatic heterocycles. The van der Waals surface area contributed by atoms with Crippen LogP contribution in [0, 0.1) is 0 Å². The summed E-state index contributed by atoms with van der Waals surface area (Å²) in [7, 11) is 1.37. The van der Waals surface area contributed by atoms with Gasteiger partial charge in [-0.25, -0.2) is 4.79 Å². The van der Waals surface area contributed by atoms with Crippen molar-refractivity contribution in [1.29, 1.82) is 0 Å². The van der Waals surface area contributed by atoms with Crippen LogP contribution in [0.1, 0.15) is 27.0 Å². The summed E-state index contributed by atoms with van der Waals surface area (Å²) in [5.74, 6) is 0.324. The van der Waals surface area contributed by atoms with Gasteiger partial charge in [-0.2, -0.15) is 0 Å². The van der Waals surface area contributed by atoms with E-state index in [0.717, 1.165) is 35.0 Å². The molecular weight excluding hydrogens is 416 g/mol. The third-order valence-electron chi connectivity index (χ3n) is 5.46. The first-order valence-electron chi connectivity index (χ1n) is 10.8. The number of carbonyl (C=O) groups excluding carboxylic acids is 1. The number of ether oxygens (including phenoxy) is 2. The van der Waals surface area contributed by atoms with E-state index in [4.69, 9.17) is 9.47 Å². The van der Waals surface area contributed by atoms with E-state index in [1.165, 1.54) is 7.11 Å². The SMILES string of the molecule is COC(=O)c1ccc(CNCCc2ccc(OCc3ccccc3)c3[nH]c(=O)ccc23)cc1. The topological polar surface area (TPSA) is 80.4 Å². The molecule has 1 aromatic heterocycles. The normalized spacial score (nSPS) is 10.8. The Hall–Kier alpha value is -3.90. The van der Waals surface area contributed by atoms with Crippen molar-refractivity contribution in [3.05, 3.63) is 111 Å². The minimum atomic E-state index is -0.337. The summed E-state index contributed by atoms with van der Waals surface area (Å²) in [6.45, 7) is 1.88. The molecule has 1 heterocycles. The summed E-state index contributed by atoms with van der Waals surface area (Å²) in [6, 6.07) is 24.7. The lowest BCUT2D eigenvalue weighted by molar-refractivity contribution is 0.0600. The quantitative estimate of drug-likeness (QED) is 0.300. The van der Waals surface area contributed by atoms with Gasteiger partial charge in [0.15, 0.2) is 0 Å². The van der Waals surface area contributed by atoms with Gasteiger partial charge in [-0.3, -0.25) is 4.79 Å². The number of benzene rings is 3. The van der Waals surface area contributed by atoms with Gasteiger partial charge in [0.1, 0.15) is 12.4 Å². The number of rotatable bonds is 9. The Morgan fingerprint density at radius 3 is 2.45 bits per heavy atom. The largest absolute Gasteiger partial charge is 0.487 e. The number of esters is 1. The number of H-pyrrole nitrogens is 1. The van der Waals surface area contributed by atoms with Crippen LogP contribution in [0.15, 0.2) is 83.7 Å². The van der Waals surface area contributed by atoms with Crippen molar-refractivity contribution in [2.45, 2.75) is 19.6 Å². The molecule has 6 heteroatoms. The molecule has 0 aliphatic rings. The van der Waals surface area contributed by atoms with E-state index in [2.05, 4.69) is 10.3 Å². The zero-order valence-corrected chi connectivity index (χ0v) is 18.5. The maximum absolute atomic E-state index is 12.0. The van der Waals surface area contributed by atoms with E-state index in [1.54, 1.807) is 18.2 Å². The Labute approximate surface area is 192 Å². The van der Waals surface area contributed by atoms with E-state index in [-0.39, 0.29) is 11.5 Å². The molecule has 168 valence electrons. The van der Waals surface area contributed by atoms with Gasteiger partial charge in [-0.1, -0.05) is 48.5 Å². The van der Waals surface area contributed by atoms with Gasteiger partial charge in [0.25, 0.3) is 0 Å². The summed E-state index contributed by atoms with van der Waals surface area (Å²) in [5.41, 5.74) is 4.38. The molecule has 0 atom stereocenters. The number of methoxy groups -OCH3 is 1. The van der Waals surface area contributed by atoms with Crippen LogP contribution in [0.3, 0.4) is 0 Å². The predicted octanol–water partition coefficient (Wildman–Crippen LogP) is 4.23. The highest BCUT2D eigenvalue weighted by atomic mass is 16.5. The smallest absolute Gasteiger partial charge is 0.337 e. The first kappa shape index (κ1) is 22.3. The van der Waals surface area contributed by atoms with Gasteiger partial charge in [-0.15, -0.1) is 0 Å². The average molecular weight is 443 g/mol. The van der Waals surface area contributed by atoms with Crippen LogP contribution in [-0.4, -0.2) is 24.6 Å². The van der Waals surface area contributed by atoms with Crippen molar-refractivity contribution in [3.8, 4) is 5.75 Å².